The molecule has 0 amide bonds. The molecule has 6 nitrogen and oxygen atoms in total. The lowest BCUT2D eigenvalue weighted by Crippen LogP contribution is -2.12. The first-order valence-corrected chi connectivity index (χ1v) is 8.09. The van der Waals surface area contributed by atoms with Crippen LogP contribution in [0.15, 0.2) is 48.1 Å². The highest BCUT2D eigenvalue weighted by atomic mass is 32.2. The normalized spacial score (nSPS) is 11.7. The molecule has 0 bridgehead atoms. The van der Waals surface area contributed by atoms with Gasteiger partial charge in [-0.1, -0.05) is 36.0 Å². The molecule has 0 fully saturated rings. The molecule has 23 heavy (non-hydrogen) atoms. The van der Waals surface area contributed by atoms with Crippen molar-refractivity contribution in [1.29, 1.82) is 0 Å². The van der Waals surface area contributed by atoms with Crippen molar-refractivity contribution in [2.45, 2.75) is 24.7 Å². The van der Waals surface area contributed by atoms with Crippen LogP contribution < -0.4 is 4.74 Å². The molecule has 0 aliphatic carbocycles. The Labute approximate surface area is 139 Å². The molecule has 2 aromatic rings. The third-order valence-electron chi connectivity index (χ3n) is 3.02. The van der Waals surface area contributed by atoms with Crippen molar-refractivity contribution in [2.24, 2.45) is 0 Å². The summed E-state index contributed by atoms with van der Waals surface area (Å²) in [5.74, 6) is 1.32. The fraction of sp³-hybridized carbons (Fsp3) is 0.312. The van der Waals surface area contributed by atoms with Gasteiger partial charge >= 0.3 is 5.97 Å². The second kappa shape index (κ2) is 8.38. The summed E-state index contributed by atoms with van der Waals surface area (Å²) < 4.78 is 12.4. The Kier molecular flexibility index (Phi) is 6.22. The van der Waals surface area contributed by atoms with Gasteiger partial charge in [-0.2, -0.15) is 0 Å². The average Bonchev–Trinajstić information content (AvgIpc) is 2.97. The Balaban J connectivity index is 2.15. The molecule has 0 N–H and O–H groups in total. The summed E-state index contributed by atoms with van der Waals surface area (Å²) in [6, 6.07) is 9.52. The van der Waals surface area contributed by atoms with Crippen LogP contribution in [-0.4, -0.2) is 33.6 Å². The highest BCUT2D eigenvalue weighted by Gasteiger charge is 2.19. The summed E-state index contributed by atoms with van der Waals surface area (Å²) in [5, 5.41) is 8.98. The van der Waals surface area contributed by atoms with Gasteiger partial charge in [0.2, 0.25) is 0 Å². The van der Waals surface area contributed by atoms with E-state index in [1.54, 1.807) is 6.08 Å². The lowest BCUT2D eigenvalue weighted by atomic mass is 10.3. The molecule has 1 atom stereocenters. The molecule has 1 heterocycles. The van der Waals surface area contributed by atoms with E-state index < -0.39 is 0 Å². The van der Waals surface area contributed by atoms with Crippen LogP contribution in [0.1, 0.15) is 18.9 Å². The number of carbonyl (C=O) groups is 1. The van der Waals surface area contributed by atoms with E-state index in [4.69, 9.17) is 4.74 Å². The second-order valence-corrected chi connectivity index (χ2v) is 5.62. The minimum atomic E-state index is -0.307. The third kappa shape index (κ3) is 4.59. The van der Waals surface area contributed by atoms with E-state index in [0.29, 0.717) is 17.5 Å². The lowest BCUT2D eigenvalue weighted by Gasteiger charge is -2.15. The first-order chi connectivity index (χ1) is 11.2. The Bertz CT molecular complexity index is 658. The van der Waals surface area contributed by atoms with Crippen LogP contribution in [0.25, 0.3) is 0 Å². The van der Waals surface area contributed by atoms with Crippen molar-refractivity contribution in [3.63, 3.8) is 0 Å². The van der Waals surface area contributed by atoms with E-state index >= 15 is 0 Å². The Morgan fingerprint density at radius 1 is 1.39 bits per heavy atom. The number of hydrogen-bond donors (Lipinski definition) is 0. The molecule has 122 valence electrons. The fourth-order valence-electron chi connectivity index (χ4n) is 1.95. The SMILES string of the molecule is C=CCn1c(SCC(=O)OC)nnc1C(C)Oc1ccccc1. The topological polar surface area (TPSA) is 66.2 Å². The van der Waals surface area contributed by atoms with Crippen LogP contribution >= 0.6 is 11.8 Å². The number of aromatic nitrogens is 3. The monoisotopic (exact) mass is 333 g/mol. The number of hydrogen-bond acceptors (Lipinski definition) is 6. The summed E-state index contributed by atoms with van der Waals surface area (Å²) in [6.07, 6.45) is 1.47. The van der Waals surface area contributed by atoms with Gasteiger partial charge in [-0.15, -0.1) is 16.8 Å². The van der Waals surface area contributed by atoms with Gasteiger partial charge in [0, 0.05) is 6.54 Å². The van der Waals surface area contributed by atoms with E-state index in [1.165, 1.54) is 18.9 Å². The summed E-state index contributed by atoms with van der Waals surface area (Å²) in [4.78, 5) is 11.3. The summed E-state index contributed by atoms with van der Waals surface area (Å²) in [7, 11) is 1.36. The zero-order chi connectivity index (χ0) is 16.7. The second-order valence-electron chi connectivity index (χ2n) is 4.68. The standard InChI is InChI=1S/C16H19N3O3S/c1-4-10-19-15(12(2)22-13-8-6-5-7-9-13)17-18-16(19)23-11-14(20)21-3/h4-9,12H,1,10-11H2,2-3H3. The van der Waals surface area contributed by atoms with E-state index in [2.05, 4.69) is 21.5 Å². The van der Waals surface area contributed by atoms with Crippen molar-refractivity contribution in [3.8, 4) is 5.75 Å². The Morgan fingerprint density at radius 2 is 2.13 bits per heavy atom. The van der Waals surface area contributed by atoms with Crippen LogP contribution in [0.2, 0.25) is 0 Å². The van der Waals surface area contributed by atoms with E-state index in [-0.39, 0.29) is 17.8 Å². The first kappa shape index (κ1) is 17.1. The number of methoxy groups -OCH3 is 1. The molecule has 1 unspecified atom stereocenters. The number of para-hydroxylation sites is 1. The van der Waals surface area contributed by atoms with Gasteiger partial charge in [-0.05, 0) is 19.1 Å². The number of rotatable bonds is 8. The maximum Gasteiger partial charge on any atom is 0.316 e. The smallest absolute Gasteiger partial charge is 0.316 e. The predicted octanol–water partition coefficient (Wildman–Crippen LogP) is 2.87. The number of nitrogens with zero attached hydrogens (tertiary/aromatic N) is 3. The minimum Gasteiger partial charge on any atom is -0.483 e. The zero-order valence-corrected chi connectivity index (χ0v) is 14.0. The molecule has 0 radical (unpaired) electrons. The molecule has 0 saturated heterocycles. The molecular weight excluding hydrogens is 314 g/mol. The number of thioether (sulfide) groups is 1. The van der Waals surface area contributed by atoms with Gasteiger partial charge in [0.15, 0.2) is 17.1 Å². The molecule has 0 spiro atoms. The molecular formula is C16H19N3O3S. The van der Waals surface area contributed by atoms with Gasteiger partial charge in [0.05, 0.1) is 12.9 Å². The number of benzene rings is 1. The largest absolute Gasteiger partial charge is 0.483 e. The van der Waals surface area contributed by atoms with Gasteiger partial charge in [0.1, 0.15) is 5.75 Å². The molecule has 2 rings (SSSR count). The number of carbonyl (C=O) groups excluding carboxylic acids is 1. The summed E-state index contributed by atoms with van der Waals surface area (Å²) in [5.41, 5.74) is 0. The number of ether oxygens (including phenoxy) is 2. The molecule has 0 aliphatic rings. The van der Waals surface area contributed by atoms with E-state index in [0.717, 1.165) is 5.75 Å². The van der Waals surface area contributed by atoms with Crippen LogP contribution in [0.5, 0.6) is 5.75 Å². The Hall–Kier alpha value is -2.28. The molecule has 1 aromatic heterocycles. The summed E-state index contributed by atoms with van der Waals surface area (Å²) >= 11 is 1.28. The van der Waals surface area contributed by atoms with Crippen LogP contribution in [0.4, 0.5) is 0 Å². The van der Waals surface area contributed by atoms with Crippen LogP contribution in [-0.2, 0) is 16.1 Å². The highest BCUT2D eigenvalue weighted by Crippen LogP contribution is 2.24. The third-order valence-corrected chi connectivity index (χ3v) is 3.96. The Morgan fingerprint density at radius 3 is 2.78 bits per heavy atom. The quantitative estimate of drug-likeness (QED) is 0.420. The van der Waals surface area contributed by atoms with Gasteiger partial charge < -0.3 is 9.47 Å². The lowest BCUT2D eigenvalue weighted by molar-refractivity contribution is -0.137. The van der Waals surface area contributed by atoms with Crippen LogP contribution in [0, 0.1) is 0 Å². The maximum absolute atomic E-state index is 11.3. The maximum atomic E-state index is 11.3. The minimum absolute atomic E-state index is 0.180. The fourth-order valence-corrected chi connectivity index (χ4v) is 2.73. The predicted molar refractivity (Wildman–Crippen MR) is 88.4 cm³/mol. The molecule has 0 aliphatic heterocycles. The van der Waals surface area contributed by atoms with Crippen molar-refractivity contribution in [3.05, 3.63) is 48.8 Å². The van der Waals surface area contributed by atoms with Gasteiger partial charge in [-0.3, -0.25) is 9.36 Å². The number of allylic oxidation sites excluding steroid dienone is 1. The van der Waals surface area contributed by atoms with E-state index in [9.17, 15) is 4.79 Å². The van der Waals surface area contributed by atoms with Crippen molar-refractivity contribution < 1.29 is 14.3 Å². The summed E-state index contributed by atoms with van der Waals surface area (Å²) in [6.45, 7) is 6.20. The molecule has 7 heteroatoms. The first-order valence-electron chi connectivity index (χ1n) is 7.11. The average molecular weight is 333 g/mol. The number of esters is 1. The molecule has 1 aromatic carbocycles. The van der Waals surface area contributed by atoms with E-state index in [1.807, 2.05) is 41.8 Å². The zero-order valence-electron chi connectivity index (χ0n) is 13.1. The van der Waals surface area contributed by atoms with Gasteiger partial charge in [0.25, 0.3) is 0 Å². The van der Waals surface area contributed by atoms with Gasteiger partial charge in [-0.25, -0.2) is 0 Å². The molecule has 0 saturated carbocycles. The van der Waals surface area contributed by atoms with Crippen molar-refractivity contribution in [2.75, 3.05) is 12.9 Å². The van der Waals surface area contributed by atoms with Crippen molar-refractivity contribution >= 4 is 17.7 Å². The highest BCUT2D eigenvalue weighted by molar-refractivity contribution is 7.99. The van der Waals surface area contributed by atoms with Crippen molar-refractivity contribution in [1.82, 2.24) is 14.8 Å². The van der Waals surface area contributed by atoms with Crippen LogP contribution in [0.3, 0.4) is 0 Å².